The Bertz CT molecular complexity index is 1420. The first-order valence-electron chi connectivity index (χ1n) is 9.93. The van der Waals surface area contributed by atoms with Gasteiger partial charge in [0.2, 0.25) is 11.5 Å². The van der Waals surface area contributed by atoms with E-state index in [9.17, 15) is 32.7 Å². The molecule has 2 N–H and O–H groups in total. The molecule has 0 spiro atoms. The molecule has 0 aliphatic rings. The minimum Gasteiger partial charge on any atom is -0.372 e. The Morgan fingerprint density at radius 1 is 1.15 bits per heavy atom. The van der Waals surface area contributed by atoms with Crippen LogP contribution in [0, 0.1) is 17.1 Å². The molecule has 1 amide bonds. The predicted octanol–water partition coefficient (Wildman–Crippen LogP) is 3.38. The number of carbonyl (C=O) groups is 1. The fraction of sp³-hybridized carbons (Fsp3) is 0.174. The van der Waals surface area contributed by atoms with E-state index in [0.717, 1.165) is 29.0 Å². The first-order chi connectivity index (χ1) is 16.1. The second kappa shape index (κ2) is 8.31. The molecule has 0 saturated carbocycles. The zero-order valence-electron chi connectivity index (χ0n) is 17.6. The van der Waals surface area contributed by atoms with Crippen LogP contribution in [0.3, 0.4) is 0 Å². The van der Waals surface area contributed by atoms with Crippen molar-refractivity contribution >= 4 is 16.8 Å². The highest BCUT2D eigenvalue weighted by Crippen LogP contribution is 2.45. The van der Waals surface area contributed by atoms with E-state index in [4.69, 9.17) is 0 Å². The van der Waals surface area contributed by atoms with Crippen LogP contribution in [0.1, 0.15) is 16.8 Å². The number of nitrogens with one attached hydrogen (secondary N) is 1. The van der Waals surface area contributed by atoms with Crippen molar-refractivity contribution in [1.29, 1.82) is 5.26 Å². The number of rotatable bonds is 5. The summed E-state index contributed by atoms with van der Waals surface area (Å²) in [5.74, 6) is -0.971. The molecule has 0 bridgehead atoms. The van der Waals surface area contributed by atoms with Crippen LogP contribution in [0.2, 0.25) is 0 Å². The van der Waals surface area contributed by atoms with Gasteiger partial charge in [-0.25, -0.2) is 9.07 Å². The smallest absolute Gasteiger partial charge is 0.372 e. The van der Waals surface area contributed by atoms with Crippen LogP contribution in [0.25, 0.3) is 16.6 Å². The molecule has 0 aliphatic heterocycles. The minimum absolute atomic E-state index is 0.216. The second-order valence-electron chi connectivity index (χ2n) is 7.54. The lowest BCUT2D eigenvalue weighted by Crippen LogP contribution is -2.43. The van der Waals surface area contributed by atoms with Gasteiger partial charge >= 0.3 is 6.18 Å². The molecule has 174 valence electrons. The Balaban J connectivity index is 1.84. The Kier molecular flexibility index (Phi) is 5.62. The van der Waals surface area contributed by atoms with Gasteiger partial charge in [0.05, 0.1) is 17.4 Å². The highest BCUT2D eigenvalue weighted by Gasteiger charge is 2.57. The summed E-state index contributed by atoms with van der Waals surface area (Å²) in [5.41, 5.74) is -3.83. The number of amides is 1. The van der Waals surface area contributed by atoms with Gasteiger partial charge in [-0.1, -0.05) is 6.07 Å². The molecule has 2 aromatic carbocycles. The summed E-state index contributed by atoms with van der Waals surface area (Å²) < 4.78 is 58.5. The normalized spacial score (nSPS) is 13.4. The summed E-state index contributed by atoms with van der Waals surface area (Å²) in [6, 6.07) is 11.7. The van der Waals surface area contributed by atoms with Gasteiger partial charge in [-0.05, 0) is 48.0 Å². The van der Waals surface area contributed by atoms with Gasteiger partial charge in [-0.2, -0.15) is 23.5 Å². The summed E-state index contributed by atoms with van der Waals surface area (Å²) in [6.45, 7) is -0.392. The maximum atomic E-state index is 14.3. The minimum atomic E-state index is -5.15. The molecule has 0 saturated heterocycles. The SMILES string of the molecule is CNC(=O)Cn1cc(C(O)(c2ccc3c(cnn3-c3ccc(F)cc3)c2)C(F)(F)F)cc1C#N. The molecule has 0 fully saturated rings. The van der Waals surface area contributed by atoms with Crippen molar-refractivity contribution in [2.45, 2.75) is 18.3 Å². The molecule has 2 aromatic heterocycles. The van der Waals surface area contributed by atoms with Gasteiger partial charge < -0.3 is 15.0 Å². The molecule has 7 nitrogen and oxygen atoms in total. The van der Waals surface area contributed by atoms with E-state index in [1.807, 2.05) is 0 Å². The average Bonchev–Trinajstić information content (AvgIpc) is 3.42. The van der Waals surface area contributed by atoms with Crippen molar-refractivity contribution in [2.24, 2.45) is 0 Å². The molecule has 1 atom stereocenters. The maximum absolute atomic E-state index is 14.3. The summed E-state index contributed by atoms with van der Waals surface area (Å²) >= 11 is 0. The fourth-order valence-corrected chi connectivity index (χ4v) is 3.70. The van der Waals surface area contributed by atoms with Crippen molar-refractivity contribution in [2.75, 3.05) is 7.05 Å². The van der Waals surface area contributed by atoms with Gasteiger partial charge in [0, 0.05) is 24.2 Å². The largest absolute Gasteiger partial charge is 0.425 e. The Morgan fingerprint density at radius 3 is 2.47 bits per heavy atom. The van der Waals surface area contributed by atoms with E-state index in [2.05, 4.69) is 10.4 Å². The monoisotopic (exact) mass is 471 g/mol. The van der Waals surface area contributed by atoms with E-state index in [1.165, 1.54) is 48.3 Å². The van der Waals surface area contributed by atoms with E-state index in [1.54, 1.807) is 6.07 Å². The zero-order valence-corrected chi connectivity index (χ0v) is 17.6. The summed E-state index contributed by atoms with van der Waals surface area (Å²) in [4.78, 5) is 11.7. The third-order valence-corrected chi connectivity index (χ3v) is 5.49. The highest BCUT2D eigenvalue weighted by molar-refractivity contribution is 5.81. The topological polar surface area (TPSA) is 95.9 Å². The van der Waals surface area contributed by atoms with Crippen LogP contribution in [-0.2, 0) is 16.9 Å². The number of carbonyl (C=O) groups excluding carboxylic acids is 1. The number of likely N-dealkylation sites (N-methyl/N-ethyl adjacent to an activating group) is 1. The maximum Gasteiger partial charge on any atom is 0.425 e. The lowest BCUT2D eigenvalue weighted by molar-refractivity contribution is -0.248. The molecule has 2 heterocycles. The number of nitriles is 1. The molecule has 11 heteroatoms. The molecule has 34 heavy (non-hydrogen) atoms. The van der Waals surface area contributed by atoms with Crippen molar-refractivity contribution in [3.05, 3.63) is 83.6 Å². The standard InChI is InChI=1S/C23H17F4N5O2/c1-29-21(33)13-31-12-16(9-19(31)10-28)22(34,23(25,26)27)15-2-7-20-14(8-15)11-30-32(20)18-5-3-17(24)4-6-18/h2-9,11-12,34H,13H2,1H3,(H,29,33). The third kappa shape index (κ3) is 3.78. The van der Waals surface area contributed by atoms with Crippen LogP contribution in [0.5, 0.6) is 0 Å². The number of benzene rings is 2. The number of alkyl halides is 3. The van der Waals surface area contributed by atoms with Crippen LogP contribution >= 0.6 is 0 Å². The van der Waals surface area contributed by atoms with Crippen molar-refractivity contribution in [1.82, 2.24) is 19.7 Å². The quantitative estimate of drug-likeness (QED) is 0.437. The van der Waals surface area contributed by atoms with Crippen molar-refractivity contribution < 1.29 is 27.5 Å². The first-order valence-corrected chi connectivity index (χ1v) is 9.93. The Morgan fingerprint density at radius 2 is 1.85 bits per heavy atom. The predicted molar refractivity (Wildman–Crippen MR) is 113 cm³/mol. The summed E-state index contributed by atoms with van der Waals surface area (Å²) in [6.07, 6.45) is -2.89. The van der Waals surface area contributed by atoms with Crippen molar-refractivity contribution in [3.8, 4) is 11.8 Å². The number of nitrogens with zero attached hydrogens (tertiary/aromatic N) is 4. The first kappa shape index (κ1) is 23.0. The van der Waals surface area contributed by atoms with E-state index >= 15 is 0 Å². The highest BCUT2D eigenvalue weighted by atomic mass is 19.4. The van der Waals surface area contributed by atoms with Crippen molar-refractivity contribution in [3.63, 3.8) is 0 Å². The number of hydrogen-bond donors (Lipinski definition) is 2. The zero-order chi connectivity index (χ0) is 24.7. The lowest BCUT2D eigenvalue weighted by atomic mass is 9.86. The average molecular weight is 471 g/mol. The Labute approximate surface area is 190 Å². The molecule has 1 unspecified atom stereocenters. The van der Waals surface area contributed by atoms with Gasteiger partial charge in [0.15, 0.2) is 0 Å². The lowest BCUT2D eigenvalue weighted by Gasteiger charge is -2.30. The molecule has 4 aromatic rings. The number of fused-ring (bicyclic) bond motifs is 1. The van der Waals surface area contributed by atoms with Gasteiger partial charge in [-0.15, -0.1) is 0 Å². The molecular weight excluding hydrogens is 454 g/mol. The summed E-state index contributed by atoms with van der Waals surface area (Å²) in [7, 11) is 1.35. The molecule has 4 rings (SSSR count). The number of aliphatic hydroxyl groups is 1. The van der Waals surface area contributed by atoms with Gasteiger partial charge in [-0.3, -0.25) is 4.79 Å². The molecule has 0 aliphatic carbocycles. The Hall–Kier alpha value is -4.17. The van der Waals surface area contributed by atoms with Crippen LogP contribution < -0.4 is 5.32 Å². The fourth-order valence-electron chi connectivity index (χ4n) is 3.70. The number of halogens is 4. The van der Waals surface area contributed by atoms with E-state index in [0.29, 0.717) is 16.6 Å². The summed E-state index contributed by atoms with van der Waals surface area (Å²) in [5, 5.41) is 27.1. The second-order valence-corrected chi connectivity index (χ2v) is 7.54. The van der Waals surface area contributed by atoms with Gasteiger partial charge in [0.1, 0.15) is 24.1 Å². The van der Waals surface area contributed by atoms with Crippen LogP contribution in [0.15, 0.2) is 60.9 Å². The van der Waals surface area contributed by atoms with Gasteiger partial charge in [0.25, 0.3) is 0 Å². The molecular formula is C23H17F4N5O2. The van der Waals surface area contributed by atoms with E-state index < -0.39 is 41.2 Å². The van der Waals surface area contributed by atoms with E-state index in [-0.39, 0.29) is 5.69 Å². The van der Waals surface area contributed by atoms with Crippen LogP contribution in [0.4, 0.5) is 17.6 Å². The number of aromatic nitrogens is 3. The molecule has 0 radical (unpaired) electrons. The number of hydrogen-bond acceptors (Lipinski definition) is 4. The van der Waals surface area contributed by atoms with Crippen LogP contribution in [-0.4, -0.2) is 38.6 Å². The third-order valence-electron chi connectivity index (χ3n) is 5.49.